The monoisotopic (exact) mass is 956 g/mol. The number of fused-ring (bicyclic) bond motifs is 5. The first-order valence-electron chi connectivity index (χ1n) is 12.3. The molecule has 5 N–H and O–H groups in total. The number of aliphatic hydroxyl groups is 5. The molecule has 0 spiro atoms. The van der Waals surface area contributed by atoms with Crippen molar-refractivity contribution < 1.29 is 133 Å². The van der Waals surface area contributed by atoms with E-state index in [-0.39, 0.29) is 119 Å². The van der Waals surface area contributed by atoms with Crippen LogP contribution in [0.1, 0.15) is 50.9 Å². The van der Waals surface area contributed by atoms with Crippen LogP contribution in [0.25, 0.3) is 0 Å². The number of rotatable bonds is 2. The third kappa shape index (κ3) is 4.45. The molecule has 11 heteroatoms. The maximum Gasteiger partial charge on any atom is 0.338 e. The molecule has 1 aliphatic heterocycles. The summed E-state index contributed by atoms with van der Waals surface area (Å²) in [5.74, 6) is -2.89. The van der Waals surface area contributed by atoms with Gasteiger partial charge in [-0.15, -0.1) is 0 Å². The molecule has 0 aromatic heterocycles. The van der Waals surface area contributed by atoms with Gasteiger partial charge in [0.2, 0.25) is 0 Å². The minimum Gasteiger partial charge on any atom is -0.455 e. The summed E-state index contributed by atoms with van der Waals surface area (Å²) in [4.78, 5) is 27.4. The van der Waals surface area contributed by atoms with E-state index in [0.29, 0.717) is 5.57 Å². The first kappa shape index (κ1) is 33.2. The van der Waals surface area contributed by atoms with Gasteiger partial charge in [-0.05, 0) is 37.1 Å². The fourth-order valence-electron chi connectivity index (χ4n) is 7.26. The van der Waals surface area contributed by atoms with Crippen LogP contribution in [0, 0.1) is 105 Å². The summed E-state index contributed by atoms with van der Waals surface area (Å²) in [6.45, 7) is 6.07. The first-order chi connectivity index (χ1) is 16.7. The molecule has 9 nitrogen and oxygen atoms in total. The summed E-state index contributed by atoms with van der Waals surface area (Å²) >= 11 is 0. The number of hydrogen-bond acceptors (Lipinski definition) is 9. The summed E-state index contributed by atoms with van der Waals surface area (Å²) in [6.07, 6.45) is -7.08. The van der Waals surface area contributed by atoms with Gasteiger partial charge in [0.05, 0.1) is 35.9 Å². The van der Waals surface area contributed by atoms with Crippen molar-refractivity contribution in [2.24, 2.45) is 16.7 Å². The fraction of sp³-hybridized carbons (Fsp3) is 0.630. The molecule has 2 bridgehead atoms. The van der Waals surface area contributed by atoms with Gasteiger partial charge in [-0.2, -0.15) is 0 Å². The zero-order chi connectivity index (χ0) is 26.4. The van der Waals surface area contributed by atoms with Gasteiger partial charge in [-0.1, -0.05) is 32.0 Å². The number of hydrogen-bond donors (Lipinski definition) is 5. The van der Waals surface area contributed by atoms with Gasteiger partial charge >= 0.3 is 5.97 Å². The molecule has 8 unspecified atom stereocenters. The Hall–Kier alpha value is 0.743. The van der Waals surface area contributed by atoms with Crippen molar-refractivity contribution in [2.45, 2.75) is 82.3 Å². The van der Waals surface area contributed by atoms with E-state index in [1.54, 1.807) is 51.1 Å². The van der Waals surface area contributed by atoms with Crippen molar-refractivity contribution in [3.63, 3.8) is 0 Å². The van der Waals surface area contributed by atoms with Crippen LogP contribution < -0.4 is 0 Å². The SMILES string of the molecule is CC1=C2C(O)C(=O)[C@]3(C)C(O)CC4OCC4(O)C3C(OC(=O)c3ccccc3)C(O)(CC1O)C2(C)C.[Ac].[Ac]. The molecule has 9 atom stereocenters. The topological polar surface area (TPSA) is 154 Å². The van der Waals surface area contributed by atoms with E-state index in [4.69, 9.17) is 9.47 Å². The van der Waals surface area contributed by atoms with Crippen molar-refractivity contribution in [3.8, 4) is 0 Å². The number of esters is 1. The average Bonchev–Trinajstić information content (AvgIpc) is 2.83. The van der Waals surface area contributed by atoms with E-state index in [2.05, 4.69) is 0 Å². The Morgan fingerprint density at radius 1 is 1.05 bits per heavy atom. The maximum absolute atomic E-state index is 14.0. The second kappa shape index (κ2) is 11.1. The van der Waals surface area contributed by atoms with Crippen LogP contribution >= 0.6 is 0 Å². The standard InChI is InChI=1S/C27H34O9.2Ac/c1-13-15(28)11-27(34)22(36-23(32)14-8-6-5-7-9-14)20-25(4,16(29)10-17-26(20,33)12-35-17)21(31)19(30)18(13)24(27,2)3;;/h5-9,15-17,19-20,22,28-30,33-34H,10-12H2,1-4H3;;/t15?,16?,17?,19?,20?,22?,25-,26?,27?;;/m1../s1. The zero-order valence-corrected chi connectivity index (χ0v) is 31.5. The third-order valence-electron chi connectivity index (χ3n) is 9.64. The second-order valence-corrected chi connectivity index (χ2v) is 11.6. The van der Waals surface area contributed by atoms with E-state index in [0.717, 1.165) is 0 Å². The van der Waals surface area contributed by atoms with E-state index >= 15 is 0 Å². The molecule has 1 aromatic rings. The molecular formula is C27H34Ac2O9. The zero-order valence-electron chi connectivity index (χ0n) is 22.0. The predicted molar refractivity (Wildman–Crippen MR) is 126 cm³/mol. The third-order valence-corrected chi connectivity index (χ3v) is 9.64. The number of carbonyl (C=O) groups is 2. The van der Waals surface area contributed by atoms with Crippen molar-refractivity contribution in [3.05, 3.63) is 47.0 Å². The van der Waals surface area contributed by atoms with E-state index in [9.17, 15) is 35.1 Å². The van der Waals surface area contributed by atoms with Crippen LogP contribution in [-0.2, 0) is 14.3 Å². The van der Waals surface area contributed by atoms with E-state index in [1.807, 2.05) is 0 Å². The molecule has 1 heterocycles. The Labute approximate surface area is 293 Å². The van der Waals surface area contributed by atoms with E-state index < -0.39 is 70.2 Å². The smallest absolute Gasteiger partial charge is 0.338 e. The Balaban J connectivity index is 0.00000200. The van der Waals surface area contributed by atoms with Crippen LogP contribution in [-0.4, -0.2) is 85.6 Å². The molecule has 38 heavy (non-hydrogen) atoms. The van der Waals surface area contributed by atoms with Crippen LogP contribution in [0.15, 0.2) is 41.5 Å². The summed E-state index contributed by atoms with van der Waals surface area (Å²) in [6, 6.07) is 8.12. The summed E-state index contributed by atoms with van der Waals surface area (Å²) < 4.78 is 11.6. The van der Waals surface area contributed by atoms with Crippen LogP contribution in [0.3, 0.4) is 0 Å². The molecule has 2 saturated carbocycles. The number of carbonyl (C=O) groups excluding carboxylic acids is 2. The van der Waals surface area contributed by atoms with Crippen molar-refractivity contribution >= 4 is 11.8 Å². The molecule has 3 aliphatic carbocycles. The Morgan fingerprint density at radius 2 is 1.66 bits per heavy atom. The number of aliphatic hydroxyl groups excluding tert-OH is 3. The number of benzene rings is 1. The second-order valence-electron chi connectivity index (χ2n) is 11.6. The summed E-state index contributed by atoms with van der Waals surface area (Å²) in [7, 11) is 0. The van der Waals surface area contributed by atoms with Gasteiger partial charge < -0.3 is 35.0 Å². The van der Waals surface area contributed by atoms with Gasteiger partial charge in [0.1, 0.15) is 23.4 Å². The molecule has 2 radical (unpaired) electrons. The molecule has 3 fully saturated rings. The number of Topliss-reactive ketones (excluding diaryl/α,β-unsaturated/α-hetero) is 1. The molecule has 0 amide bonds. The number of ketones is 1. The van der Waals surface area contributed by atoms with Gasteiger partial charge in [0.15, 0.2) is 5.78 Å². The molecule has 4 aliphatic rings. The molecule has 1 saturated heterocycles. The van der Waals surface area contributed by atoms with Crippen molar-refractivity contribution in [1.82, 2.24) is 0 Å². The van der Waals surface area contributed by atoms with Crippen LogP contribution in [0.5, 0.6) is 0 Å². The van der Waals surface area contributed by atoms with Gasteiger partial charge in [0.25, 0.3) is 0 Å². The fourth-order valence-corrected chi connectivity index (χ4v) is 7.26. The molecule has 202 valence electrons. The Bertz CT molecular complexity index is 1140. The van der Waals surface area contributed by atoms with Gasteiger partial charge in [-0.3, -0.25) is 4.79 Å². The first-order valence-corrected chi connectivity index (χ1v) is 12.3. The quantitative estimate of drug-likeness (QED) is 0.211. The summed E-state index contributed by atoms with van der Waals surface area (Å²) in [5.41, 5.74) is -6.24. The summed E-state index contributed by atoms with van der Waals surface area (Å²) in [5, 5.41) is 57.9. The average molecular weight is 957 g/mol. The molecular weight excluding hydrogens is 922 g/mol. The van der Waals surface area contributed by atoms with E-state index in [1.165, 1.54) is 6.92 Å². The normalized spacial score (nSPS) is 43.1. The van der Waals surface area contributed by atoms with Crippen molar-refractivity contribution in [1.29, 1.82) is 0 Å². The van der Waals surface area contributed by atoms with Gasteiger partial charge in [-0.25, -0.2) is 4.79 Å². The largest absolute Gasteiger partial charge is 0.455 e. The molecule has 5 rings (SSSR count). The van der Waals surface area contributed by atoms with Crippen molar-refractivity contribution in [2.75, 3.05) is 6.61 Å². The minimum atomic E-state index is -2.02. The Kier molecular flexibility index (Phi) is 9.71. The van der Waals surface area contributed by atoms with Crippen LogP contribution in [0.4, 0.5) is 0 Å². The van der Waals surface area contributed by atoms with Gasteiger partial charge in [0, 0.05) is 112 Å². The minimum absolute atomic E-state index is 0. The maximum atomic E-state index is 14.0. The Morgan fingerprint density at radius 3 is 2.21 bits per heavy atom. The molecule has 1 aromatic carbocycles. The predicted octanol–water partition coefficient (Wildman–Crippen LogP) is 0.511. The van der Waals surface area contributed by atoms with Crippen LogP contribution in [0.2, 0.25) is 0 Å². The number of ether oxygens (including phenoxy) is 2.